The number of hydrogen-bond acceptors (Lipinski definition) is 3. The van der Waals surface area contributed by atoms with Crippen LogP contribution in [-0.4, -0.2) is 38.9 Å². The first-order chi connectivity index (χ1) is 12.6. The smallest absolute Gasteiger partial charge is 0.253 e. The third-order valence-electron chi connectivity index (χ3n) is 4.60. The molecule has 1 aliphatic heterocycles. The Morgan fingerprint density at radius 3 is 2.35 bits per heavy atom. The van der Waals surface area contributed by atoms with Crippen molar-refractivity contribution in [2.75, 3.05) is 13.1 Å². The number of aromatic nitrogens is 3. The Labute approximate surface area is 161 Å². The van der Waals surface area contributed by atoms with Crippen molar-refractivity contribution in [2.24, 2.45) is 0 Å². The second-order valence-electron chi connectivity index (χ2n) is 6.25. The molecule has 2 heterocycles. The van der Waals surface area contributed by atoms with Crippen molar-refractivity contribution in [3.63, 3.8) is 0 Å². The number of benzene rings is 2. The largest absolute Gasteiger partial charge is 0.336 e. The standard InChI is InChI=1S/C19H16Cl2N4O/c20-17-6-5-15(11-18(17)21)13-1-3-14(4-2-13)19(26)24-10-7-16(12-24)25-22-8-9-23-25/h1-6,8-9,11,16H,7,10,12H2/t16-/m0/s1. The lowest BCUT2D eigenvalue weighted by atomic mass is 10.0. The number of carbonyl (C=O) groups is 1. The van der Waals surface area contributed by atoms with Crippen LogP contribution in [0.1, 0.15) is 22.8 Å². The number of amides is 1. The van der Waals surface area contributed by atoms with Crippen molar-refractivity contribution in [1.82, 2.24) is 19.9 Å². The predicted octanol–water partition coefficient (Wildman–Crippen LogP) is 4.34. The number of likely N-dealkylation sites (tertiary alicyclic amines) is 1. The SMILES string of the molecule is O=C(c1ccc(-c2ccc(Cl)c(Cl)c2)cc1)N1CC[C@H](n2nccn2)C1. The van der Waals surface area contributed by atoms with Crippen LogP contribution < -0.4 is 0 Å². The van der Waals surface area contributed by atoms with Crippen LogP contribution in [0, 0.1) is 0 Å². The zero-order valence-electron chi connectivity index (χ0n) is 13.8. The lowest BCUT2D eigenvalue weighted by Crippen LogP contribution is -2.29. The van der Waals surface area contributed by atoms with E-state index in [9.17, 15) is 4.79 Å². The van der Waals surface area contributed by atoms with Gasteiger partial charge in [0.05, 0.1) is 28.5 Å². The van der Waals surface area contributed by atoms with Gasteiger partial charge in [0.1, 0.15) is 0 Å². The molecule has 132 valence electrons. The van der Waals surface area contributed by atoms with Crippen LogP contribution in [0.4, 0.5) is 0 Å². The lowest BCUT2D eigenvalue weighted by Gasteiger charge is -2.16. The summed E-state index contributed by atoms with van der Waals surface area (Å²) >= 11 is 12.0. The molecule has 2 aromatic carbocycles. The van der Waals surface area contributed by atoms with Crippen LogP contribution in [0.3, 0.4) is 0 Å². The molecule has 26 heavy (non-hydrogen) atoms. The quantitative estimate of drug-likeness (QED) is 0.672. The van der Waals surface area contributed by atoms with E-state index in [-0.39, 0.29) is 11.9 Å². The zero-order chi connectivity index (χ0) is 18.1. The highest BCUT2D eigenvalue weighted by molar-refractivity contribution is 6.42. The summed E-state index contributed by atoms with van der Waals surface area (Å²) in [4.78, 5) is 16.3. The minimum atomic E-state index is 0.0281. The molecule has 0 spiro atoms. The number of nitrogens with zero attached hydrogens (tertiary/aromatic N) is 4. The second kappa shape index (κ2) is 7.09. The first-order valence-electron chi connectivity index (χ1n) is 8.32. The third kappa shape index (κ3) is 3.32. The van der Waals surface area contributed by atoms with Crippen molar-refractivity contribution in [3.8, 4) is 11.1 Å². The molecular weight excluding hydrogens is 371 g/mol. The van der Waals surface area contributed by atoms with Gasteiger partial charge in [-0.05, 0) is 41.8 Å². The predicted molar refractivity (Wildman–Crippen MR) is 101 cm³/mol. The Morgan fingerprint density at radius 2 is 1.65 bits per heavy atom. The minimum absolute atomic E-state index is 0.0281. The van der Waals surface area contributed by atoms with E-state index in [1.165, 1.54) is 0 Å². The molecule has 0 aliphatic carbocycles. The Kier molecular flexibility index (Phi) is 4.66. The molecule has 1 fully saturated rings. The van der Waals surface area contributed by atoms with E-state index >= 15 is 0 Å². The van der Waals surface area contributed by atoms with Crippen molar-refractivity contribution in [2.45, 2.75) is 12.5 Å². The monoisotopic (exact) mass is 386 g/mol. The maximum absolute atomic E-state index is 12.7. The van der Waals surface area contributed by atoms with E-state index in [1.807, 2.05) is 41.3 Å². The first kappa shape index (κ1) is 17.1. The number of halogens is 2. The van der Waals surface area contributed by atoms with Gasteiger partial charge in [0.25, 0.3) is 5.91 Å². The van der Waals surface area contributed by atoms with E-state index in [0.717, 1.165) is 17.5 Å². The molecule has 1 atom stereocenters. The Hall–Kier alpha value is -2.37. The van der Waals surface area contributed by atoms with E-state index < -0.39 is 0 Å². The van der Waals surface area contributed by atoms with Crippen molar-refractivity contribution >= 4 is 29.1 Å². The average molecular weight is 387 g/mol. The van der Waals surface area contributed by atoms with Gasteiger partial charge in [0.15, 0.2) is 0 Å². The van der Waals surface area contributed by atoms with Crippen LogP contribution in [0.2, 0.25) is 10.0 Å². The summed E-state index contributed by atoms with van der Waals surface area (Å²) < 4.78 is 0. The van der Waals surface area contributed by atoms with Crippen LogP contribution in [0.15, 0.2) is 54.9 Å². The van der Waals surface area contributed by atoms with Gasteiger partial charge >= 0.3 is 0 Å². The van der Waals surface area contributed by atoms with Gasteiger partial charge < -0.3 is 4.90 Å². The van der Waals surface area contributed by atoms with Crippen LogP contribution >= 0.6 is 23.2 Å². The molecule has 0 saturated carbocycles. The van der Waals surface area contributed by atoms with Crippen LogP contribution in [-0.2, 0) is 0 Å². The highest BCUT2D eigenvalue weighted by atomic mass is 35.5. The van der Waals surface area contributed by atoms with Crippen molar-refractivity contribution < 1.29 is 4.79 Å². The first-order valence-corrected chi connectivity index (χ1v) is 9.08. The molecule has 4 rings (SSSR count). The van der Waals surface area contributed by atoms with Crippen molar-refractivity contribution in [3.05, 3.63) is 70.5 Å². The van der Waals surface area contributed by atoms with Gasteiger partial charge in [-0.25, -0.2) is 0 Å². The van der Waals surface area contributed by atoms with Gasteiger partial charge in [-0.15, -0.1) is 0 Å². The molecule has 1 saturated heterocycles. The van der Waals surface area contributed by atoms with Crippen molar-refractivity contribution in [1.29, 1.82) is 0 Å². The second-order valence-corrected chi connectivity index (χ2v) is 7.06. The Balaban J connectivity index is 1.48. The molecule has 1 aromatic heterocycles. The molecule has 3 aromatic rings. The molecule has 0 unspecified atom stereocenters. The van der Waals surface area contributed by atoms with E-state index in [1.54, 1.807) is 23.3 Å². The van der Waals surface area contributed by atoms with Gasteiger partial charge in [-0.2, -0.15) is 15.0 Å². The number of rotatable bonds is 3. The van der Waals surface area contributed by atoms with Gasteiger partial charge in [0.2, 0.25) is 0 Å². The Morgan fingerprint density at radius 1 is 0.962 bits per heavy atom. The highest BCUT2D eigenvalue weighted by Crippen LogP contribution is 2.29. The summed E-state index contributed by atoms with van der Waals surface area (Å²) in [6.07, 6.45) is 4.18. The topological polar surface area (TPSA) is 51.0 Å². The van der Waals surface area contributed by atoms with Crippen LogP contribution in [0.5, 0.6) is 0 Å². The van der Waals surface area contributed by atoms with E-state index in [4.69, 9.17) is 23.2 Å². The third-order valence-corrected chi connectivity index (χ3v) is 5.34. The number of carbonyl (C=O) groups excluding carboxylic acids is 1. The van der Waals surface area contributed by atoms with Gasteiger partial charge in [-0.1, -0.05) is 41.4 Å². The lowest BCUT2D eigenvalue weighted by molar-refractivity contribution is 0.0786. The number of hydrogen-bond donors (Lipinski definition) is 0. The highest BCUT2D eigenvalue weighted by Gasteiger charge is 2.28. The fraction of sp³-hybridized carbons (Fsp3) is 0.211. The Bertz CT molecular complexity index is 925. The molecule has 1 aliphatic rings. The molecule has 7 heteroatoms. The van der Waals surface area contributed by atoms with Gasteiger partial charge in [-0.3, -0.25) is 4.79 Å². The summed E-state index contributed by atoms with van der Waals surface area (Å²) in [6.45, 7) is 1.33. The summed E-state index contributed by atoms with van der Waals surface area (Å²) in [5.41, 5.74) is 2.62. The summed E-state index contributed by atoms with van der Waals surface area (Å²) in [5, 5.41) is 9.38. The molecular formula is C19H16Cl2N4O. The van der Waals surface area contributed by atoms with Gasteiger partial charge in [0, 0.05) is 18.7 Å². The molecule has 0 radical (unpaired) electrons. The summed E-state index contributed by atoms with van der Waals surface area (Å²) in [5.74, 6) is 0.0281. The van der Waals surface area contributed by atoms with E-state index in [2.05, 4.69) is 10.2 Å². The fourth-order valence-electron chi connectivity index (χ4n) is 3.19. The minimum Gasteiger partial charge on any atom is -0.336 e. The fourth-order valence-corrected chi connectivity index (χ4v) is 3.49. The maximum atomic E-state index is 12.7. The van der Waals surface area contributed by atoms with E-state index in [0.29, 0.717) is 28.7 Å². The summed E-state index contributed by atoms with van der Waals surface area (Å²) in [6, 6.07) is 13.2. The average Bonchev–Trinajstić information content (AvgIpc) is 3.35. The zero-order valence-corrected chi connectivity index (χ0v) is 15.4. The summed E-state index contributed by atoms with van der Waals surface area (Å²) in [7, 11) is 0. The van der Waals surface area contributed by atoms with Crippen LogP contribution in [0.25, 0.3) is 11.1 Å². The maximum Gasteiger partial charge on any atom is 0.253 e. The molecule has 5 nitrogen and oxygen atoms in total. The molecule has 0 N–H and O–H groups in total. The normalized spacial score (nSPS) is 16.8. The molecule has 0 bridgehead atoms. The molecule has 1 amide bonds.